The second-order valence-electron chi connectivity index (χ2n) is 4.32. The summed E-state index contributed by atoms with van der Waals surface area (Å²) < 4.78 is 3.26. The third kappa shape index (κ3) is 3.32. The minimum Gasteiger partial charge on any atom is -0.317 e. The molecule has 0 fully saturated rings. The maximum atomic E-state index is 4.55. The van der Waals surface area contributed by atoms with E-state index < -0.39 is 0 Å². The normalized spacial score (nSPS) is 13.1. The van der Waals surface area contributed by atoms with Crippen LogP contribution in [0.15, 0.2) is 4.47 Å². The van der Waals surface area contributed by atoms with Crippen LogP contribution in [0, 0.1) is 13.8 Å². The Morgan fingerprint density at radius 1 is 1.38 bits per heavy atom. The molecule has 1 rings (SSSR count). The average molecular weight is 288 g/mol. The number of rotatable bonds is 6. The van der Waals surface area contributed by atoms with Gasteiger partial charge >= 0.3 is 0 Å². The summed E-state index contributed by atoms with van der Waals surface area (Å²) in [5, 5.41) is 7.97. The Morgan fingerprint density at radius 3 is 2.56 bits per heavy atom. The van der Waals surface area contributed by atoms with Crippen molar-refractivity contribution in [3.05, 3.63) is 15.9 Å². The second-order valence-corrected chi connectivity index (χ2v) is 5.11. The zero-order valence-corrected chi connectivity index (χ0v) is 12.3. The molecule has 0 aliphatic heterocycles. The molecule has 1 N–H and O–H groups in total. The highest BCUT2D eigenvalue weighted by Crippen LogP contribution is 2.23. The highest BCUT2D eigenvalue weighted by molar-refractivity contribution is 9.10. The molecular weight excluding hydrogens is 266 g/mol. The minimum atomic E-state index is 0.453. The van der Waals surface area contributed by atoms with Crippen molar-refractivity contribution >= 4 is 15.9 Å². The van der Waals surface area contributed by atoms with Gasteiger partial charge in [-0.15, -0.1) is 0 Å². The summed E-state index contributed by atoms with van der Waals surface area (Å²) in [5.74, 6) is 0. The molecule has 1 aromatic rings. The van der Waals surface area contributed by atoms with E-state index in [-0.39, 0.29) is 0 Å². The van der Waals surface area contributed by atoms with Gasteiger partial charge < -0.3 is 5.32 Å². The number of hydrogen-bond donors (Lipinski definition) is 1. The third-order valence-corrected chi connectivity index (χ3v) is 3.97. The molecule has 0 radical (unpaired) electrons. The Bertz CT molecular complexity index is 333. The lowest BCUT2D eigenvalue weighted by atomic mass is 10.2. The maximum absolute atomic E-state index is 4.55. The van der Waals surface area contributed by atoms with Crippen LogP contribution in [0.5, 0.6) is 0 Å². The predicted octanol–water partition coefficient (Wildman–Crippen LogP) is 3.21. The number of hydrogen-bond acceptors (Lipinski definition) is 2. The van der Waals surface area contributed by atoms with Gasteiger partial charge in [0.25, 0.3) is 0 Å². The predicted molar refractivity (Wildman–Crippen MR) is 71.9 cm³/mol. The van der Waals surface area contributed by atoms with Gasteiger partial charge in [-0.05, 0) is 62.6 Å². The highest BCUT2D eigenvalue weighted by atomic mass is 79.9. The van der Waals surface area contributed by atoms with Crippen LogP contribution in [-0.4, -0.2) is 22.9 Å². The summed E-state index contributed by atoms with van der Waals surface area (Å²) in [7, 11) is 0. The lowest BCUT2D eigenvalue weighted by molar-refractivity contribution is 0.434. The average Bonchev–Trinajstić information content (AvgIpc) is 2.52. The van der Waals surface area contributed by atoms with E-state index in [1.165, 1.54) is 12.1 Å². The van der Waals surface area contributed by atoms with Crippen molar-refractivity contribution in [3.8, 4) is 0 Å². The molecule has 0 bridgehead atoms. The molecule has 0 spiro atoms. The smallest absolute Gasteiger partial charge is 0.0738 e. The van der Waals surface area contributed by atoms with Gasteiger partial charge in [-0.25, -0.2) is 0 Å². The van der Waals surface area contributed by atoms with Crippen LogP contribution in [0.25, 0.3) is 0 Å². The van der Waals surface area contributed by atoms with Gasteiger partial charge in [0.15, 0.2) is 0 Å². The van der Waals surface area contributed by atoms with E-state index in [0.29, 0.717) is 6.04 Å². The van der Waals surface area contributed by atoms with Crippen LogP contribution < -0.4 is 5.32 Å². The van der Waals surface area contributed by atoms with Crippen LogP contribution in [-0.2, 0) is 0 Å². The van der Waals surface area contributed by atoms with Crippen molar-refractivity contribution < 1.29 is 0 Å². The second kappa shape index (κ2) is 6.40. The molecule has 1 heterocycles. The van der Waals surface area contributed by atoms with Crippen LogP contribution >= 0.6 is 15.9 Å². The number of halogens is 1. The lowest BCUT2D eigenvalue weighted by Crippen LogP contribution is -2.20. The van der Waals surface area contributed by atoms with Gasteiger partial charge in [0.1, 0.15) is 0 Å². The summed E-state index contributed by atoms with van der Waals surface area (Å²) in [5.41, 5.74) is 2.30. The third-order valence-electron chi connectivity index (χ3n) is 2.82. The minimum absolute atomic E-state index is 0.453. The molecule has 3 nitrogen and oxygen atoms in total. The summed E-state index contributed by atoms with van der Waals surface area (Å²) >= 11 is 3.56. The Labute approximate surface area is 107 Å². The Hall–Kier alpha value is -0.350. The fourth-order valence-electron chi connectivity index (χ4n) is 1.81. The van der Waals surface area contributed by atoms with E-state index in [9.17, 15) is 0 Å². The van der Waals surface area contributed by atoms with E-state index in [4.69, 9.17) is 0 Å². The van der Waals surface area contributed by atoms with Crippen LogP contribution in [0.4, 0.5) is 0 Å². The fourth-order valence-corrected chi connectivity index (χ4v) is 2.07. The SMILES string of the molecule is CCCNCCC(C)n1nc(C)c(Br)c1C. The first kappa shape index (κ1) is 13.7. The molecule has 0 saturated carbocycles. The van der Waals surface area contributed by atoms with Crippen molar-refractivity contribution in [2.45, 2.75) is 46.6 Å². The first-order valence-corrected chi connectivity index (χ1v) is 6.79. The maximum Gasteiger partial charge on any atom is 0.0738 e. The van der Waals surface area contributed by atoms with Gasteiger partial charge in [-0.1, -0.05) is 6.92 Å². The van der Waals surface area contributed by atoms with Gasteiger partial charge in [0.2, 0.25) is 0 Å². The standard InChI is InChI=1S/C12H22BrN3/c1-5-7-14-8-6-9(2)16-11(4)12(13)10(3)15-16/h9,14H,5-8H2,1-4H3. The molecule has 1 unspecified atom stereocenters. The topological polar surface area (TPSA) is 29.9 Å². The molecule has 16 heavy (non-hydrogen) atoms. The Morgan fingerprint density at radius 2 is 2.06 bits per heavy atom. The summed E-state index contributed by atoms with van der Waals surface area (Å²) in [4.78, 5) is 0. The molecule has 0 aliphatic carbocycles. The highest BCUT2D eigenvalue weighted by Gasteiger charge is 2.13. The molecular formula is C12H22BrN3. The van der Waals surface area contributed by atoms with Crippen molar-refractivity contribution in [3.63, 3.8) is 0 Å². The molecule has 0 saturated heterocycles. The molecule has 4 heteroatoms. The molecule has 1 atom stereocenters. The number of aromatic nitrogens is 2. The summed E-state index contributed by atoms with van der Waals surface area (Å²) in [6.07, 6.45) is 2.31. The first-order chi connectivity index (χ1) is 7.57. The largest absolute Gasteiger partial charge is 0.317 e. The molecule has 1 aromatic heterocycles. The van der Waals surface area contributed by atoms with Crippen molar-refractivity contribution in [2.24, 2.45) is 0 Å². The lowest BCUT2D eigenvalue weighted by Gasteiger charge is -2.14. The number of aryl methyl sites for hydroxylation is 1. The monoisotopic (exact) mass is 287 g/mol. The zero-order valence-electron chi connectivity index (χ0n) is 10.7. The fraction of sp³-hybridized carbons (Fsp3) is 0.750. The molecule has 0 aromatic carbocycles. The van der Waals surface area contributed by atoms with Crippen molar-refractivity contribution in [2.75, 3.05) is 13.1 Å². The van der Waals surface area contributed by atoms with Crippen LogP contribution in [0.3, 0.4) is 0 Å². The van der Waals surface area contributed by atoms with Gasteiger partial charge in [-0.2, -0.15) is 5.10 Å². The van der Waals surface area contributed by atoms with Gasteiger partial charge in [0.05, 0.1) is 21.9 Å². The first-order valence-electron chi connectivity index (χ1n) is 5.99. The summed E-state index contributed by atoms with van der Waals surface area (Å²) in [6.45, 7) is 10.7. The van der Waals surface area contributed by atoms with Crippen LogP contribution in [0.2, 0.25) is 0 Å². The van der Waals surface area contributed by atoms with E-state index in [2.05, 4.69) is 51.8 Å². The quantitative estimate of drug-likeness (QED) is 0.815. The molecule has 0 aliphatic rings. The Balaban J connectivity index is 2.52. The van der Waals surface area contributed by atoms with Gasteiger partial charge in [0, 0.05) is 0 Å². The van der Waals surface area contributed by atoms with E-state index in [0.717, 1.165) is 29.7 Å². The zero-order chi connectivity index (χ0) is 12.1. The van der Waals surface area contributed by atoms with Crippen LogP contribution in [0.1, 0.15) is 44.1 Å². The number of nitrogens with zero attached hydrogens (tertiary/aromatic N) is 2. The van der Waals surface area contributed by atoms with E-state index in [1.54, 1.807) is 0 Å². The van der Waals surface area contributed by atoms with E-state index >= 15 is 0 Å². The Kier molecular flexibility index (Phi) is 5.49. The molecule has 0 amide bonds. The van der Waals surface area contributed by atoms with Gasteiger partial charge in [-0.3, -0.25) is 4.68 Å². The van der Waals surface area contributed by atoms with Crippen molar-refractivity contribution in [1.29, 1.82) is 0 Å². The summed E-state index contributed by atoms with van der Waals surface area (Å²) in [6, 6.07) is 0.453. The van der Waals surface area contributed by atoms with Crippen molar-refractivity contribution in [1.82, 2.24) is 15.1 Å². The number of nitrogens with one attached hydrogen (secondary N) is 1. The molecule has 92 valence electrons. The van der Waals surface area contributed by atoms with E-state index in [1.807, 2.05) is 6.92 Å².